The van der Waals surface area contributed by atoms with E-state index >= 15 is 0 Å². The first-order chi connectivity index (χ1) is 7.29. The summed E-state index contributed by atoms with van der Waals surface area (Å²) in [5.74, 6) is 1.44. The minimum absolute atomic E-state index is 0.549. The van der Waals surface area contributed by atoms with E-state index < -0.39 is 0 Å². The zero-order chi connectivity index (χ0) is 10.9. The summed E-state index contributed by atoms with van der Waals surface area (Å²) in [4.78, 5) is 5.20. The average molecular weight is 209 g/mol. The van der Waals surface area contributed by atoms with E-state index in [9.17, 15) is 0 Å². The van der Waals surface area contributed by atoms with Gasteiger partial charge in [-0.3, -0.25) is 0 Å². The van der Waals surface area contributed by atoms with E-state index in [4.69, 9.17) is 9.57 Å². The van der Waals surface area contributed by atoms with Crippen molar-refractivity contribution >= 4 is 0 Å². The van der Waals surface area contributed by atoms with Gasteiger partial charge in [-0.25, -0.2) is 0 Å². The molecule has 0 aliphatic heterocycles. The van der Waals surface area contributed by atoms with Crippen LogP contribution in [0, 0.1) is 5.92 Å². The Labute approximate surface area is 91.4 Å². The van der Waals surface area contributed by atoms with Crippen LogP contribution in [-0.2, 0) is 4.84 Å². The van der Waals surface area contributed by atoms with Crippen molar-refractivity contribution in [3.63, 3.8) is 0 Å². The topological polar surface area (TPSA) is 30.5 Å². The van der Waals surface area contributed by atoms with Crippen LogP contribution in [0.25, 0.3) is 0 Å². The number of ether oxygens (including phenoxy) is 1. The normalized spacial score (nSPS) is 10.6. The van der Waals surface area contributed by atoms with Crippen LogP contribution in [0.2, 0.25) is 0 Å². The molecule has 0 fully saturated rings. The first kappa shape index (κ1) is 12.0. The summed E-state index contributed by atoms with van der Waals surface area (Å²) in [6.45, 7) is 6.26. The summed E-state index contributed by atoms with van der Waals surface area (Å²) < 4.78 is 5.47. The fourth-order valence-corrected chi connectivity index (χ4v) is 1.03. The van der Waals surface area contributed by atoms with Crippen molar-refractivity contribution in [1.82, 2.24) is 5.48 Å². The van der Waals surface area contributed by atoms with Crippen LogP contribution in [-0.4, -0.2) is 19.8 Å². The van der Waals surface area contributed by atoms with Gasteiger partial charge in [0.25, 0.3) is 0 Å². The molecule has 0 bridgehead atoms. The molecule has 0 atom stereocenters. The molecule has 0 aliphatic carbocycles. The van der Waals surface area contributed by atoms with Gasteiger partial charge in [0.1, 0.15) is 12.4 Å². The molecular formula is C12H19NO2. The molecule has 0 aromatic heterocycles. The first-order valence-electron chi connectivity index (χ1n) is 5.31. The van der Waals surface area contributed by atoms with Gasteiger partial charge in [-0.2, -0.15) is 5.48 Å². The summed E-state index contributed by atoms with van der Waals surface area (Å²) in [5, 5.41) is 0. The number of hydrogen-bond donors (Lipinski definition) is 1. The molecule has 1 aromatic rings. The van der Waals surface area contributed by atoms with Gasteiger partial charge in [0, 0.05) is 0 Å². The molecule has 15 heavy (non-hydrogen) atoms. The molecule has 0 saturated carbocycles. The Kier molecular flexibility index (Phi) is 5.81. The lowest BCUT2D eigenvalue weighted by molar-refractivity contribution is 0.0180. The molecule has 0 saturated heterocycles. The van der Waals surface area contributed by atoms with Gasteiger partial charge < -0.3 is 9.57 Å². The summed E-state index contributed by atoms with van der Waals surface area (Å²) >= 11 is 0. The lowest BCUT2D eigenvalue weighted by atomic mass is 10.2. The van der Waals surface area contributed by atoms with E-state index in [1.807, 2.05) is 30.3 Å². The maximum atomic E-state index is 5.47. The largest absolute Gasteiger partial charge is 0.492 e. The van der Waals surface area contributed by atoms with Crippen LogP contribution >= 0.6 is 0 Å². The molecule has 84 valence electrons. The quantitative estimate of drug-likeness (QED) is 0.552. The highest BCUT2D eigenvalue weighted by Gasteiger charge is 1.94. The predicted octanol–water partition coefficient (Wildman–Crippen LogP) is 2.24. The van der Waals surface area contributed by atoms with Gasteiger partial charge in [0.05, 0.1) is 13.2 Å². The monoisotopic (exact) mass is 209 g/mol. The molecule has 3 heteroatoms. The van der Waals surface area contributed by atoms with Gasteiger partial charge >= 0.3 is 0 Å². The standard InChI is InChI=1S/C12H19NO2/c1-11(2)10-15-13-8-9-14-12-6-4-3-5-7-12/h3-7,11,13H,8-10H2,1-2H3. The number of rotatable bonds is 7. The van der Waals surface area contributed by atoms with Crippen molar-refractivity contribution in [1.29, 1.82) is 0 Å². The zero-order valence-electron chi connectivity index (χ0n) is 9.40. The van der Waals surface area contributed by atoms with Crippen molar-refractivity contribution in [2.75, 3.05) is 19.8 Å². The highest BCUT2D eigenvalue weighted by molar-refractivity contribution is 5.20. The summed E-state index contributed by atoms with van der Waals surface area (Å²) in [6, 6.07) is 9.76. The van der Waals surface area contributed by atoms with Gasteiger partial charge in [0.15, 0.2) is 0 Å². The Morgan fingerprint density at radius 2 is 1.93 bits per heavy atom. The Morgan fingerprint density at radius 3 is 2.60 bits per heavy atom. The third-order valence-corrected chi connectivity index (χ3v) is 1.73. The molecule has 1 aromatic carbocycles. The van der Waals surface area contributed by atoms with Crippen molar-refractivity contribution in [3.8, 4) is 5.75 Å². The van der Waals surface area contributed by atoms with Gasteiger partial charge in [-0.1, -0.05) is 32.0 Å². The molecule has 0 heterocycles. The van der Waals surface area contributed by atoms with E-state index in [2.05, 4.69) is 19.3 Å². The number of para-hydroxylation sites is 1. The molecule has 0 aliphatic rings. The first-order valence-corrected chi connectivity index (χ1v) is 5.31. The SMILES string of the molecule is CC(C)CONCCOc1ccccc1. The molecule has 1 rings (SSSR count). The van der Waals surface area contributed by atoms with Crippen molar-refractivity contribution < 1.29 is 9.57 Å². The van der Waals surface area contributed by atoms with Gasteiger partial charge in [-0.05, 0) is 18.1 Å². The lowest BCUT2D eigenvalue weighted by Crippen LogP contribution is -2.23. The van der Waals surface area contributed by atoms with Crippen LogP contribution in [0.15, 0.2) is 30.3 Å². The van der Waals surface area contributed by atoms with Crippen molar-refractivity contribution in [2.45, 2.75) is 13.8 Å². The molecule has 0 unspecified atom stereocenters. The van der Waals surface area contributed by atoms with Gasteiger partial charge in [-0.15, -0.1) is 0 Å². The molecule has 0 amide bonds. The second-order valence-electron chi connectivity index (χ2n) is 3.76. The molecule has 0 radical (unpaired) electrons. The molecule has 3 nitrogen and oxygen atoms in total. The number of hydroxylamine groups is 1. The van der Waals surface area contributed by atoms with E-state index in [1.54, 1.807) is 0 Å². The second kappa shape index (κ2) is 7.26. The van der Waals surface area contributed by atoms with Crippen LogP contribution in [0.1, 0.15) is 13.8 Å². The summed E-state index contributed by atoms with van der Waals surface area (Å²) in [6.07, 6.45) is 0. The highest BCUT2D eigenvalue weighted by atomic mass is 16.6. The maximum Gasteiger partial charge on any atom is 0.119 e. The maximum absolute atomic E-state index is 5.47. The predicted molar refractivity (Wildman–Crippen MR) is 60.7 cm³/mol. The minimum Gasteiger partial charge on any atom is -0.492 e. The van der Waals surface area contributed by atoms with Crippen LogP contribution in [0.4, 0.5) is 0 Å². The van der Waals surface area contributed by atoms with Gasteiger partial charge in [0.2, 0.25) is 0 Å². The number of benzene rings is 1. The van der Waals surface area contributed by atoms with E-state index in [0.29, 0.717) is 19.1 Å². The van der Waals surface area contributed by atoms with Crippen molar-refractivity contribution in [2.24, 2.45) is 5.92 Å². The van der Waals surface area contributed by atoms with E-state index in [0.717, 1.165) is 12.4 Å². The summed E-state index contributed by atoms with van der Waals surface area (Å²) in [7, 11) is 0. The lowest BCUT2D eigenvalue weighted by Gasteiger charge is -2.09. The van der Waals surface area contributed by atoms with Crippen LogP contribution < -0.4 is 10.2 Å². The van der Waals surface area contributed by atoms with Crippen LogP contribution in [0.5, 0.6) is 5.75 Å². The van der Waals surface area contributed by atoms with E-state index in [-0.39, 0.29) is 0 Å². The smallest absolute Gasteiger partial charge is 0.119 e. The molecular weight excluding hydrogens is 190 g/mol. The summed E-state index contributed by atoms with van der Waals surface area (Å²) in [5.41, 5.74) is 2.86. The second-order valence-corrected chi connectivity index (χ2v) is 3.76. The van der Waals surface area contributed by atoms with Crippen LogP contribution in [0.3, 0.4) is 0 Å². The third kappa shape index (κ3) is 6.10. The Balaban J connectivity index is 1.98. The minimum atomic E-state index is 0.549. The Bertz CT molecular complexity index is 249. The highest BCUT2D eigenvalue weighted by Crippen LogP contribution is 2.07. The fraction of sp³-hybridized carbons (Fsp3) is 0.500. The molecule has 1 N–H and O–H groups in total. The Morgan fingerprint density at radius 1 is 1.20 bits per heavy atom. The number of hydrogen-bond acceptors (Lipinski definition) is 3. The van der Waals surface area contributed by atoms with E-state index in [1.165, 1.54) is 0 Å². The van der Waals surface area contributed by atoms with Crippen molar-refractivity contribution in [3.05, 3.63) is 30.3 Å². The zero-order valence-corrected chi connectivity index (χ0v) is 9.40. The number of nitrogens with one attached hydrogen (secondary N) is 1. The third-order valence-electron chi connectivity index (χ3n) is 1.73. The fourth-order valence-electron chi connectivity index (χ4n) is 1.03. The Hall–Kier alpha value is -1.06. The molecule has 0 spiro atoms. The average Bonchev–Trinajstić information content (AvgIpc) is 2.24.